The number of nitrogens with one attached hydrogen (secondary N) is 2. The molecule has 4 N–H and O–H groups in total. The average Bonchev–Trinajstić information content (AvgIpc) is 3.02. The molecule has 1 aliphatic heterocycles. The molecule has 0 aliphatic carbocycles. The van der Waals surface area contributed by atoms with Crippen LogP contribution in [-0.2, 0) is 9.53 Å². The Morgan fingerprint density at radius 2 is 2.37 bits per heavy atom. The Balaban J connectivity index is 1.82. The van der Waals surface area contributed by atoms with Gasteiger partial charge < -0.3 is 20.8 Å². The van der Waals surface area contributed by atoms with E-state index in [2.05, 4.69) is 20.3 Å². The van der Waals surface area contributed by atoms with E-state index in [0.29, 0.717) is 18.9 Å². The van der Waals surface area contributed by atoms with Gasteiger partial charge in [-0.3, -0.25) is 4.79 Å². The van der Waals surface area contributed by atoms with Crippen LogP contribution in [0.4, 0.5) is 5.82 Å². The summed E-state index contributed by atoms with van der Waals surface area (Å²) in [4.78, 5) is 21.6. The van der Waals surface area contributed by atoms with Gasteiger partial charge in [0.1, 0.15) is 18.5 Å². The maximum atomic E-state index is 10.2. The van der Waals surface area contributed by atoms with Crippen LogP contribution < -0.4 is 11.1 Å². The second kappa shape index (κ2) is 4.85. The predicted molar refractivity (Wildman–Crippen MR) is 69.2 cm³/mol. The number of carbonyl (C=O) groups excluding carboxylic acids is 1. The van der Waals surface area contributed by atoms with Crippen molar-refractivity contribution in [3.8, 4) is 0 Å². The first-order valence-corrected chi connectivity index (χ1v) is 6.18. The summed E-state index contributed by atoms with van der Waals surface area (Å²) in [5, 5.41) is 3.43. The molecule has 1 aliphatic rings. The molecule has 0 spiro atoms. The topological polar surface area (TPSA) is 106 Å². The standard InChI is InChI=1S/C12H15N5O2/c13-12-11-10(15-5-16-12)8(3-14-11)9-2-1-7(17-9)4-19-6-18/h3,5-7,9,14,17H,1-2,4H2,(H2,13,15,16)/t7-,9+/m0/s1. The number of anilines is 1. The van der Waals surface area contributed by atoms with Crippen LogP contribution in [0.2, 0.25) is 0 Å². The molecule has 2 aromatic rings. The highest BCUT2D eigenvalue weighted by molar-refractivity contribution is 5.87. The lowest BCUT2D eigenvalue weighted by Crippen LogP contribution is -2.28. The molecule has 3 rings (SSSR count). The third kappa shape index (κ3) is 2.12. The number of nitrogens with two attached hydrogens (primary N) is 1. The van der Waals surface area contributed by atoms with Crippen LogP contribution >= 0.6 is 0 Å². The number of hydrogen-bond donors (Lipinski definition) is 3. The molecule has 0 radical (unpaired) electrons. The minimum atomic E-state index is 0.194. The van der Waals surface area contributed by atoms with Gasteiger partial charge in [0.25, 0.3) is 6.47 Å². The highest BCUT2D eigenvalue weighted by Crippen LogP contribution is 2.31. The van der Waals surface area contributed by atoms with Gasteiger partial charge in [-0.1, -0.05) is 0 Å². The molecule has 100 valence electrons. The summed E-state index contributed by atoms with van der Waals surface area (Å²) in [5.74, 6) is 0.454. The van der Waals surface area contributed by atoms with Crippen molar-refractivity contribution >= 4 is 23.3 Å². The first-order chi connectivity index (χ1) is 9.29. The van der Waals surface area contributed by atoms with Gasteiger partial charge in [0.05, 0.1) is 5.52 Å². The largest absolute Gasteiger partial charge is 0.466 e. The SMILES string of the molecule is Nc1ncnc2c([C@H]3CC[C@@H](COC=O)N3)c[nH]c12. The van der Waals surface area contributed by atoms with Crippen LogP contribution in [0.3, 0.4) is 0 Å². The summed E-state index contributed by atoms with van der Waals surface area (Å²) >= 11 is 0. The second-order valence-corrected chi connectivity index (χ2v) is 4.65. The fourth-order valence-corrected chi connectivity index (χ4v) is 2.60. The summed E-state index contributed by atoms with van der Waals surface area (Å²) in [7, 11) is 0. The fraction of sp³-hybridized carbons (Fsp3) is 0.417. The normalized spacial score (nSPS) is 22.7. The highest BCUT2D eigenvalue weighted by atomic mass is 16.5. The molecule has 0 aromatic carbocycles. The molecule has 0 bridgehead atoms. The first-order valence-electron chi connectivity index (χ1n) is 6.18. The number of aromatic amines is 1. The number of nitrogens with zero attached hydrogens (tertiary/aromatic N) is 2. The van der Waals surface area contributed by atoms with E-state index in [1.165, 1.54) is 6.33 Å². The quantitative estimate of drug-likeness (QED) is 0.692. The van der Waals surface area contributed by atoms with Gasteiger partial charge in [0, 0.05) is 23.8 Å². The number of hydrogen-bond acceptors (Lipinski definition) is 6. The van der Waals surface area contributed by atoms with E-state index in [4.69, 9.17) is 10.5 Å². The van der Waals surface area contributed by atoms with Crippen molar-refractivity contribution in [2.24, 2.45) is 0 Å². The van der Waals surface area contributed by atoms with Crippen LogP contribution in [0, 0.1) is 0 Å². The molecule has 7 heteroatoms. The molecular formula is C12H15N5O2. The van der Waals surface area contributed by atoms with Gasteiger partial charge >= 0.3 is 0 Å². The molecule has 0 amide bonds. The van der Waals surface area contributed by atoms with Crippen LogP contribution in [-0.4, -0.2) is 34.1 Å². The number of H-pyrrole nitrogens is 1. The van der Waals surface area contributed by atoms with E-state index < -0.39 is 0 Å². The number of nitrogen functional groups attached to an aromatic ring is 1. The number of carbonyl (C=O) groups is 1. The van der Waals surface area contributed by atoms with Gasteiger partial charge in [-0.2, -0.15) is 0 Å². The van der Waals surface area contributed by atoms with E-state index in [0.717, 1.165) is 29.4 Å². The maximum Gasteiger partial charge on any atom is 0.293 e. The van der Waals surface area contributed by atoms with Crippen LogP contribution in [0.15, 0.2) is 12.5 Å². The van der Waals surface area contributed by atoms with Crippen LogP contribution in [0.25, 0.3) is 11.0 Å². The van der Waals surface area contributed by atoms with Crippen LogP contribution in [0.1, 0.15) is 24.4 Å². The molecular weight excluding hydrogens is 246 g/mol. The lowest BCUT2D eigenvalue weighted by atomic mass is 10.1. The minimum absolute atomic E-state index is 0.194. The average molecular weight is 261 g/mol. The monoisotopic (exact) mass is 261 g/mol. The Bertz CT molecular complexity index is 597. The third-order valence-corrected chi connectivity index (χ3v) is 3.50. The minimum Gasteiger partial charge on any atom is -0.466 e. The van der Waals surface area contributed by atoms with Crippen molar-refractivity contribution in [3.63, 3.8) is 0 Å². The third-order valence-electron chi connectivity index (χ3n) is 3.50. The molecule has 1 fully saturated rings. The van der Waals surface area contributed by atoms with Crippen molar-refractivity contribution in [2.45, 2.75) is 24.9 Å². The lowest BCUT2D eigenvalue weighted by molar-refractivity contribution is -0.129. The van der Waals surface area contributed by atoms with E-state index in [-0.39, 0.29) is 12.1 Å². The van der Waals surface area contributed by atoms with E-state index in [1.54, 1.807) is 0 Å². The zero-order chi connectivity index (χ0) is 13.2. The Labute approximate surface area is 109 Å². The molecule has 2 atom stereocenters. The van der Waals surface area contributed by atoms with E-state index in [1.807, 2.05) is 6.20 Å². The first kappa shape index (κ1) is 11.9. The highest BCUT2D eigenvalue weighted by Gasteiger charge is 2.27. The molecule has 1 saturated heterocycles. The van der Waals surface area contributed by atoms with Crippen LogP contribution in [0.5, 0.6) is 0 Å². The summed E-state index contributed by atoms with van der Waals surface area (Å²) in [6.07, 6.45) is 5.32. The summed E-state index contributed by atoms with van der Waals surface area (Å²) in [5.41, 5.74) is 8.50. The molecule has 3 heterocycles. The summed E-state index contributed by atoms with van der Waals surface area (Å²) in [6.45, 7) is 0.883. The number of ether oxygens (including phenoxy) is 1. The molecule has 19 heavy (non-hydrogen) atoms. The lowest BCUT2D eigenvalue weighted by Gasteiger charge is -2.12. The van der Waals surface area contributed by atoms with Crippen molar-refractivity contribution in [2.75, 3.05) is 12.3 Å². The Morgan fingerprint density at radius 3 is 3.21 bits per heavy atom. The smallest absolute Gasteiger partial charge is 0.293 e. The molecule has 2 aromatic heterocycles. The predicted octanol–water partition coefficient (Wildman–Crippen LogP) is 0.506. The summed E-state index contributed by atoms with van der Waals surface area (Å²) < 4.78 is 4.79. The Hall–Kier alpha value is -2.15. The van der Waals surface area contributed by atoms with Crippen molar-refractivity contribution < 1.29 is 9.53 Å². The molecule has 7 nitrogen and oxygen atoms in total. The van der Waals surface area contributed by atoms with Crippen molar-refractivity contribution in [3.05, 3.63) is 18.1 Å². The molecule has 0 saturated carbocycles. The van der Waals surface area contributed by atoms with Gasteiger partial charge in [-0.25, -0.2) is 9.97 Å². The number of fused-ring (bicyclic) bond motifs is 1. The number of aromatic nitrogens is 3. The van der Waals surface area contributed by atoms with E-state index >= 15 is 0 Å². The van der Waals surface area contributed by atoms with E-state index in [9.17, 15) is 4.79 Å². The summed E-state index contributed by atoms with van der Waals surface area (Å²) in [6, 6.07) is 0.391. The fourth-order valence-electron chi connectivity index (χ4n) is 2.60. The van der Waals surface area contributed by atoms with Gasteiger partial charge in [0.15, 0.2) is 5.82 Å². The Morgan fingerprint density at radius 1 is 1.47 bits per heavy atom. The maximum absolute atomic E-state index is 10.2. The molecule has 0 unspecified atom stereocenters. The van der Waals surface area contributed by atoms with Gasteiger partial charge in [0.2, 0.25) is 0 Å². The van der Waals surface area contributed by atoms with Crippen molar-refractivity contribution in [1.29, 1.82) is 0 Å². The van der Waals surface area contributed by atoms with Gasteiger partial charge in [-0.15, -0.1) is 0 Å². The number of rotatable bonds is 4. The Kier molecular flexibility index (Phi) is 3.04. The van der Waals surface area contributed by atoms with Gasteiger partial charge in [-0.05, 0) is 12.8 Å². The second-order valence-electron chi connectivity index (χ2n) is 4.65. The zero-order valence-corrected chi connectivity index (χ0v) is 10.3. The zero-order valence-electron chi connectivity index (χ0n) is 10.3. The van der Waals surface area contributed by atoms with Crippen molar-refractivity contribution in [1.82, 2.24) is 20.3 Å².